The summed E-state index contributed by atoms with van der Waals surface area (Å²) in [6.45, 7) is -0.232. The number of hydrogen-bond donors (Lipinski definition) is 2. The SMILES string of the molecule is COc1ccc(NC(=O)CNC(=O)c2c(OC)cccc2OC)cc1Cl. The molecule has 0 bridgehead atoms. The zero-order chi connectivity index (χ0) is 19.1. The minimum absolute atomic E-state index is 0.220. The van der Waals surface area contributed by atoms with E-state index in [4.69, 9.17) is 25.8 Å². The van der Waals surface area contributed by atoms with Crippen molar-refractivity contribution in [3.63, 3.8) is 0 Å². The summed E-state index contributed by atoms with van der Waals surface area (Å²) in [5, 5.41) is 5.55. The normalized spacial score (nSPS) is 10.0. The summed E-state index contributed by atoms with van der Waals surface area (Å²) >= 11 is 6.01. The lowest BCUT2D eigenvalue weighted by molar-refractivity contribution is -0.115. The first kappa shape index (κ1) is 19.4. The molecule has 0 aliphatic rings. The van der Waals surface area contributed by atoms with E-state index in [1.165, 1.54) is 21.3 Å². The average molecular weight is 379 g/mol. The second-order valence-electron chi connectivity index (χ2n) is 5.12. The van der Waals surface area contributed by atoms with E-state index < -0.39 is 11.8 Å². The Labute approximate surface area is 156 Å². The van der Waals surface area contributed by atoms with Gasteiger partial charge in [0.1, 0.15) is 22.8 Å². The van der Waals surface area contributed by atoms with Gasteiger partial charge in [-0.1, -0.05) is 17.7 Å². The summed E-state index contributed by atoms with van der Waals surface area (Å²) in [7, 11) is 4.40. The van der Waals surface area contributed by atoms with Gasteiger partial charge in [-0.3, -0.25) is 9.59 Å². The van der Waals surface area contributed by atoms with Crippen LogP contribution in [-0.4, -0.2) is 39.7 Å². The molecule has 0 saturated heterocycles. The van der Waals surface area contributed by atoms with Crippen molar-refractivity contribution in [3.8, 4) is 17.2 Å². The van der Waals surface area contributed by atoms with E-state index in [1.54, 1.807) is 36.4 Å². The molecule has 8 heteroatoms. The monoisotopic (exact) mass is 378 g/mol. The van der Waals surface area contributed by atoms with Gasteiger partial charge in [0.2, 0.25) is 5.91 Å². The van der Waals surface area contributed by atoms with E-state index in [0.717, 1.165) is 0 Å². The molecule has 138 valence electrons. The summed E-state index contributed by atoms with van der Waals surface area (Å²) < 4.78 is 15.4. The van der Waals surface area contributed by atoms with Crippen LogP contribution in [0.4, 0.5) is 5.69 Å². The van der Waals surface area contributed by atoms with Crippen LogP contribution in [0.3, 0.4) is 0 Å². The molecule has 2 amide bonds. The van der Waals surface area contributed by atoms with E-state index in [-0.39, 0.29) is 12.1 Å². The maximum absolute atomic E-state index is 12.4. The molecule has 0 spiro atoms. The molecule has 0 fully saturated rings. The summed E-state index contributed by atoms with van der Waals surface area (Å²) in [6.07, 6.45) is 0. The highest BCUT2D eigenvalue weighted by Gasteiger charge is 2.18. The molecule has 0 unspecified atom stereocenters. The average Bonchev–Trinajstić information content (AvgIpc) is 2.65. The molecule has 0 atom stereocenters. The smallest absolute Gasteiger partial charge is 0.259 e. The van der Waals surface area contributed by atoms with Crippen LogP contribution in [0.1, 0.15) is 10.4 Å². The highest BCUT2D eigenvalue weighted by Crippen LogP contribution is 2.28. The predicted octanol–water partition coefficient (Wildman–Crippen LogP) is 2.73. The number of amides is 2. The molecule has 2 aromatic carbocycles. The fourth-order valence-corrected chi connectivity index (χ4v) is 2.53. The number of hydrogen-bond acceptors (Lipinski definition) is 5. The van der Waals surface area contributed by atoms with Crippen molar-refractivity contribution in [2.45, 2.75) is 0 Å². The maximum atomic E-state index is 12.4. The Bertz CT molecular complexity index is 788. The highest BCUT2D eigenvalue weighted by atomic mass is 35.5. The second-order valence-corrected chi connectivity index (χ2v) is 5.52. The van der Waals surface area contributed by atoms with E-state index >= 15 is 0 Å². The maximum Gasteiger partial charge on any atom is 0.259 e. The molecule has 26 heavy (non-hydrogen) atoms. The van der Waals surface area contributed by atoms with Crippen LogP contribution < -0.4 is 24.8 Å². The summed E-state index contributed by atoms with van der Waals surface area (Å²) in [4.78, 5) is 24.5. The molecule has 7 nitrogen and oxygen atoms in total. The molecule has 2 N–H and O–H groups in total. The van der Waals surface area contributed by atoms with Gasteiger partial charge in [0.25, 0.3) is 5.91 Å². The Kier molecular flexibility index (Phi) is 6.68. The first-order chi connectivity index (χ1) is 12.5. The second kappa shape index (κ2) is 8.96. The van der Waals surface area contributed by atoms with Gasteiger partial charge in [-0.05, 0) is 30.3 Å². The predicted molar refractivity (Wildman–Crippen MR) is 98.5 cm³/mol. The molecule has 2 rings (SSSR count). The Morgan fingerprint density at radius 3 is 2.12 bits per heavy atom. The number of ether oxygens (including phenoxy) is 3. The summed E-state index contributed by atoms with van der Waals surface area (Å²) in [5.74, 6) is 0.310. The lowest BCUT2D eigenvalue weighted by atomic mass is 10.1. The number of methoxy groups -OCH3 is 3. The Balaban J connectivity index is 2.01. The number of nitrogens with one attached hydrogen (secondary N) is 2. The van der Waals surface area contributed by atoms with E-state index in [0.29, 0.717) is 28.0 Å². The van der Waals surface area contributed by atoms with Crippen LogP contribution in [0.5, 0.6) is 17.2 Å². The van der Waals surface area contributed by atoms with Crippen molar-refractivity contribution in [2.24, 2.45) is 0 Å². The molecule has 0 saturated carbocycles. The Morgan fingerprint density at radius 1 is 0.962 bits per heavy atom. The van der Waals surface area contributed by atoms with Crippen molar-refractivity contribution >= 4 is 29.1 Å². The van der Waals surface area contributed by atoms with Crippen LogP contribution in [0.25, 0.3) is 0 Å². The summed E-state index contributed by atoms with van der Waals surface area (Å²) in [5.41, 5.74) is 0.711. The van der Waals surface area contributed by atoms with Crippen molar-refractivity contribution in [2.75, 3.05) is 33.2 Å². The fourth-order valence-electron chi connectivity index (χ4n) is 2.27. The van der Waals surface area contributed by atoms with Crippen LogP contribution in [0.2, 0.25) is 5.02 Å². The molecule has 0 heterocycles. The van der Waals surface area contributed by atoms with Gasteiger partial charge >= 0.3 is 0 Å². The molecule has 2 aromatic rings. The standard InChI is InChI=1S/C18H19ClN2O5/c1-24-13-8-7-11(9-12(13)19)21-16(22)10-20-18(23)17-14(25-2)5-4-6-15(17)26-3/h4-9H,10H2,1-3H3,(H,20,23)(H,21,22). The van der Waals surface area contributed by atoms with Gasteiger partial charge in [0.05, 0.1) is 32.9 Å². The highest BCUT2D eigenvalue weighted by molar-refractivity contribution is 6.32. The summed E-state index contributed by atoms with van der Waals surface area (Å²) in [6, 6.07) is 9.82. The molecular formula is C18H19ClN2O5. The number of anilines is 1. The first-order valence-corrected chi connectivity index (χ1v) is 8.00. The topological polar surface area (TPSA) is 85.9 Å². The van der Waals surface area contributed by atoms with Crippen LogP contribution in [0, 0.1) is 0 Å². The van der Waals surface area contributed by atoms with E-state index in [9.17, 15) is 9.59 Å². The minimum atomic E-state index is -0.484. The van der Waals surface area contributed by atoms with Gasteiger partial charge in [-0.2, -0.15) is 0 Å². The molecule has 0 radical (unpaired) electrons. The van der Waals surface area contributed by atoms with Crippen molar-refractivity contribution in [3.05, 3.63) is 47.0 Å². The van der Waals surface area contributed by atoms with Gasteiger partial charge in [-0.25, -0.2) is 0 Å². The quantitative estimate of drug-likeness (QED) is 0.773. The third kappa shape index (κ3) is 4.58. The zero-order valence-corrected chi connectivity index (χ0v) is 15.3. The van der Waals surface area contributed by atoms with Crippen LogP contribution >= 0.6 is 11.6 Å². The third-order valence-corrected chi connectivity index (χ3v) is 3.80. The van der Waals surface area contributed by atoms with E-state index in [2.05, 4.69) is 10.6 Å². The van der Waals surface area contributed by atoms with Gasteiger partial charge in [0.15, 0.2) is 0 Å². The molecular weight excluding hydrogens is 360 g/mol. The van der Waals surface area contributed by atoms with Crippen LogP contribution in [0.15, 0.2) is 36.4 Å². The number of carbonyl (C=O) groups excluding carboxylic acids is 2. The van der Waals surface area contributed by atoms with Gasteiger partial charge in [0, 0.05) is 5.69 Å². The molecule has 0 aliphatic carbocycles. The Hall–Kier alpha value is -2.93. The molecule has 0 aromatic heterocycles. The largest absolute Gasteiger partial charge is 0.496 e. The lowest BCUT2D eigenvalue weighted by Crippen LogP contribution is -2.33. The lowest BCUT2D eigenvalue weighted by Gasteiger charge is -2.13. The fraction of sp³-hybridized carbons (Fsp3) is 0.222. The first-order valence-electron chi connectivity index (χ1n) is 7.62. The van der Waals surface area contributed by atoms with Crippen molar-refractivity contribution in [1.82, 2.24) is 5.32 Å². The van der Waals surface area contributed by atoms with Gasteiger partial charge < -0.3 is 24.8 Å². The van der Waals surface area contributed by atoms with Crippen molar-refractivity contribution < 1.29 is 23.8 Å². The third-order valence-electron chi connectivity index (χ3n) is 3.50. The number of halogens is 1. The van der Waals surface area contributed by atoms with Gasteiger partial charge in [-0.15, -0.1) is 0 Å². The molecule has 0 aliphatic heterocycles. The minimum Gasteiger partial charge on any atom is -0.496 e. The van der Waals surface area contributed by atoms with Crippen LogP contribution in [-0.2, 0) is 4.79 Å². The number of rotatable bonds is 7. The number of carbonyl (C=O) groups is 2. The number of benzene rings is 2. The van der Waals surface area contributed by atoms with E-state index in [1.807, 2.05) is 0 Å². The Morgan fingerprint density at radius 2 is 1.58 bits per heavy atom. The zero-order valence-electron chi connectivity index (χ0n) is 14.6. The van der Waals surface area contributed by atoms with Crippen molar-refractivity contribution in [1.29, 1.82) is 0 Å².